The number of amides is 1. The zero-order chi connectivity index (χ0) is 18.3. The molecule has 24 heavy (non-hydrogen) atoms. The molecule has 1 fully saturated rings. The molecule has 136 valence electrons. The molecule has 4 unspecified atom stereocenters. The second-order valence-electron chi connectivity index (χ2n) is 6.64. The minimum Gasteiger partial charge on any atom is -0.480 e. The summed E-state index contributed by atoms with van der Waals surface area (Å²) in [6.07, 6.45) is 5.95. The van der Waals surface area contributed by atoms with Crippen LogP contribution in [0.2, 0.25) is 0 Å². The van der Waals surface area contributed by atoms with Crippen LogP contribution in [-0.2, 0) is 14.4 Å². The Morgan fingerprint density at radius 2 is 2.04 bits per heavy atom. The van der Waals surface area contributed by atoms with E-state index in [0.29, 0.717) is 12.8 Å². The van der Waals surface area contributed by atoms with Crippen LogP contribution in [0.3, 0.4) is 0 Å². The minimum absolute atomic E-state index is 0.0393. The number of carbonyl (C=O) groups excluding carboxylic acids is 2. The van der Waals surface area contributed by atoms with Gasteiger partial charge in [0, 0.05) is 25.2 Å². The number of nitrogens with one attached hydrogen (secondary N) is 1. The lowest BCUT2D eigenvalue weighted by molar-refractivity contribution is -0.144. The summed E-state index contributed by atoms with van der Waals surface area (Å²) in [7, 11) is 0. The van der Waals surface area contributed by atoms with Gasteiger partial charge >= 0.3 is 5.97 Å². The van der Waals surface area contributed by atoms with E-state index in [-0.39, 0.29) is 31.0 Å². The van der Waals surface area contributed by atoms with Crippen molar-refractivity contribution in [1.29, 1.82) is 0 Å². The van der Waals surface area contributed by atoms with E-state index in [4.69, 9.17) is 0 Å². The molecule has 0 aliphatic heterocycles. The first-order chi connectivity index (χ1) is 11.3. The summed E-state index contributed by atoms with van der Waals surface area (Å²) >= 11 is 0. The zero-order valence-corrected chi connectivity index (χ0v) is 14.7. The summed E-state index contributed by atoms with van der Waals surface area (Å²) < 4.78 is 0. The minimum atomic E-state index is -1.52. The van der Waals surface area contributed by atoms with E-state index < -0.39 is 29.4 Å². The fraction of sp³-hybridized carbons (Fsp3) is 0.722. The second kappa shape index (κ2) is 8.97. The number of carboxylic acid groups (broad SMARTS) is 1. The van der Waals surface area contributed by atoms with E-state index in [9.17, 15) is 24.6 Å². The van der Waals surface area contributed by atoms with Crippen molar-refractivity contribution in [2.45, 2.75) is 70.9 Å². The zero-order valence-electron chi connectivity index (χ0n) is 14.7. The molecule has 0 aromatic rings. The number of carboxylic acids is 1. The normalized spacial score (nSPS) is 26.5. The van der Waals surface area contributed by atoms with Crippen LogP contribution in [-0.4, -0.2) is 39.5 Å². The molecule has 3 N–H and O–H groups in total. The van der Waals surface area contributed by atoms with Gasteiger partial charge in [0.15, 0.2) is 5.78 Å². The lowest BCUT2D eigenvalue weighted by Crippen LogP contribution is -2.47. The lowest BCUT2D eigenvalue weighted by Gasteiger charge is -2.28. The molecule has 1 aliphatic rings. The lowest BCUT2D eigenvalue weighted by atomic mass is 9.84. The Balaban J connectivity index is 2.75. The molecule has 1 aliphatic carbocycles. The molecular formula is C18H29NO5. The number of hydrogen-bond acceptors (Lipinski definition) is 4. The highest BCUT2D eigenvalue weighted by atomic mass is 16.4. The van der Waals surface area contributed by atoms with Gasteiger partial charge in [-0.1, -0.05) is 39.3 Å². The van der Waals surface area contributed by atoms with Gasteiger partial charge in [-0.2, -0.15) is 0 Å². The van der Waals surface area contributed by atoms with Gasteiger partial charge in [0.1, 0.15) is 11.6 Å². The van der Waals surface area contributed by atoms with Crippen LogP contribution in [0.15, 0.2) is 12.2 Å². The maximum Gasteiger partial charge on any atom is 0.326 e. The molecule has 0 heterocycles. The topological polar surface area (TPSA) is 104 Å². The van der Waals surface area contributed by atoms with Crippen molar-refractivity contribution in [3.05, 3.63) is 12.2 Å². The number of ketones is 1. The van der Waals surface area contributed by atoms with Gasteiger partial charge < -0.3 is 15.5 Å². The Hall–Kier alpha value is -1.69. The average Bonchev–Trinajstić information content (AvgIpc) is 2.80. The van der Waals surface area contributed by atoms with Crippen molar-refractivity contribution in [2.24, 2.45) is 11.8 Å². The summed E-state index contributed by atoms with van der Waals surface area (Å²) in [6, 6.07) is -0.951. The van der Waals surface area contributed by atoms with Gasteiger partial charge in [-0.25, -0.2) is 4.79 Å². The number of aliphatic carboxylic acids is 1. The molecule has 4 atom stereocenters. The van der Waals surface area contributed by atoms with Crippen LogP contribution in [0.5, 0.6) is 0 Å². The number of rotatable bonds is 9. The largest absolute Gasteiger partial charge is 0.480 e. The van der Waals surface area contributed by atoms with E-state index in [1.54, 1.807) is 13.0 Å². The van der Waals surface area contributed by atoms with Crippen LogP contribution in [0.25, 0.3) is 0 Å². The SMILES string of the molecule is CCC=CCC1(O)C(=O)CCC1CC(=O)NC(C(=O)O)C(C)CC. The van der Waals surface area contributed by atoms with E-state index in [1.165, 1.54) is 0 Å². The molecule has 0 aromatic heterocycles. The van der Waals surface area contributed by atoms with Crippen molar-refractivity contribution in [3.63, 3.8) is 0 Å². The summed E-state index contributed by atoms with van der Waals surface area (Å²) in [4.78, 5) is 35.6. The van der Waals surface area contributed by atoms with Gasteiger partial charge in [0.25, 0.3) is 0 Å². The van der Waals surface area contributed by atoms with Crippen molar-refractivity contribution in [2.75, 3.05) is 0 Å². The number of aliphatic hydroxyl groups is 1. The van der Waals surface area contributed by atoms with E-state index in [0.717, 1.165) is 6.42 Å². The maximum absolute atomic E-state index is 12.2. The molecule has 0 radical (unpaired) electrons. The monoisotopic (exact) mass is 339 g/mol. The Kier molecular flexibility index (Phi) is 7.60. The molecule has 0 saturated heterocycles. The van der Waals surface area contributed by atoms with Crippen LogP contribution < -0.4 is 5.32 Å². The molecule has 6 heteroatoms. The first kappa shape index (κ1) is 20.4. The van der Waals surface area contributed by atoms with Gasteiger partial charge in [-0.15, -0.1) is 0 Å². The quantitative estimate of drug-likeness (QED) is 0.558. The van der Waals surface area contributed by atoms with Crippen molar-refractivity contribution >= 4 is 17.7 Å². The highest BCUT2D eigenvalue weighted by molar-refractivity contribution is 5.91. The summed E-state index contributed by atoms with van der Waals surface area (Å²) in [5, 5.41) is 22.5. The Morgan fingerprint density at radius 3 is 2.58 bits per heavy atom. The predicted octanol–water partition coefficient (Wildman–Crippen LogP) is 2.06. The van der Waals surface area contributed by atoms with Crippen molar-refractivity contribution in [1.82, 2.24) is 5.32 Å². The predicted molar refractivity (Wildman–Crippen MR) is 90.4 cm³/mol. The molecule has 1 amide bonds. The smallest absolute Gasteiger partial charge is 0.326 e. The molecule has 0 spiro atoms. The number of carbonyl (C=O) groups is 3. The summed E-state index contributed by atoms with van der Waals surface area (Å²) in [5.74, 6) is -2.40. The molecule has 1 rings (SSSR count). The molecular weight excluding hydrogens is 310 g/mol. The van der Waals surface area contributed by atoms with Crippen LogP contribution >= 0.6 is 0 Å². The number of hydrogen-bond donors (Lipinski definition) is 3. The number of allylic oxidation sites excluding steroid dienone is 1. The van der Waals surface area contributed by atoms with Crippen LogP contribution in [0.4, 0.5) is 0 Å². The molecule has 0 bridgehead atoms. The van der Waals surface area contributed by atoms with Gasteiger partial charge in [-0.3, -0.25) is 9.59 Å². The van der Waals surface area contributed by atoms with Gasteiger partial charge in [-0.05, 0) is 18.8 Å². The third kappa shape index (κ3) is 4.90. The first-order valence-corrected chi connectivity index (χ1v) is 8.69. The fourth-order valence-corrected chi connectivity index (χ4v) is 3.11. The summed E-state index contributed by atoms with van der Waals surface area (Å²) in [5.41, 5.74) is -1.52. The van der Waals surface area contributed by atoms with Crippen molar-refractivity contribution < 1.29 is 24.6 Å². The maximum atomic E-state index is 12.2. The molecule has 0 aromatic carbocycles. The van der Waals surface area contributed by atoms with Gasteiger partial charge in [0.05, 0.1) is 0 Å². The van der Waals surface area contributed by atoms with Crippen LogP contribution in [0, 0.1) is 11.8 Å². The average molecular weight is 339 g/mol. The number of Topliss-reactive ketones (excluding diaryl/α,β-unsaturated/α-hetero) is 1. The Morgan fingerprint density at radius 1 is 1.38 bits per heavy atom. The third-order valence-electron chi connectivity index (χ3n) is 4.94. The summed E-state index contributed by atoms with van der Waals surface area (Å²) in [6.45, 7) is 5.59. The highest BCUT2D eigenvalue weighted by Gasteiger charge is 2.48. The third-order valence-corrected chi connectivity index (χ3v) is 4.94. The van der Waals surface area contributed by atoms with E-state index in [2.05, 4.69) is 5.32 Å². The fourth-order valence-electron chi connectivity index (χ4n) is 3.11. The standard InChI is InChI=1S/C18H29NO5/c1-4-6-7-10-18(24)13(8-9-14(18)20)11-15(21)19-16(17(22)23)12(3)5-2/h6-7,12-13,16,24H,4-5,8-11H2,1-3H3,(H,19,21)(H,22,23). The van der Waals surface area contributed by atoms with Crippen LogP contribution in [0.1, 0.15) is 59.3 Å². The first-order valence-electron chi connectivity index (χ1n) is 8.69. The Labute approximate surface area is 143 Å². The Bertz CT molecular complexity index is 502. The molecule has 1 saturated carbocycles. The highest BCUT2D eigenvalue weighted by Crippen LogP contribution is 2.38. The van der Waals surface area contributed by atoms with Gasteiger partial charge in [0.2, 0.25) is 5.91 Å². The van der Waals surface area contributed by atoms with E-state index >= 15 is 0 Å². The van der Waals surface area contributed by atoms with E-state index in [1.807, 2.05) is 19.9 Å². The second-order valence-corrected chi connectivity index (χ2v) is 6.64. The molecule has 6 nitrogen and oxygen atoms in total. The van der Waals surface area contributed by atoms with Crippen molar-refractivity contribution in [3.8, 4) is 0 Å².